The van der Waals surface area contributed by atoms with Crippen molar-refractivity contribution in [1.29, 1.82) is 0 Å². The maximum atomic E-state index is 11.2. The Morgan fingerprint density at radius 3 is 2.68 bits per heavy atom. The monoisotopic (exact) mass is 262 g/mol. The summed E-state index contributed by atoms with van der Waals surface area (Å²) in [5.74, 6) is 0.544. The van der Waals surface area contributed by atoms with E-state index >= 15 is 0 Å². The summed E-state index contributed by atoms with van der Waals surface area (Å²) < 4.78 is 1.47. The molecule has 100 valence electrons. The van der Waals surface area contributed by atoms with Gasteiger partial charge in [0.2, 0.25) is 5.95 Å². The Balaban J connectivity index is 2.67. The average molecular weight is 262 g/mol. The highest BCUT2D eigenvalue weighted by Crippen LogP contribution is 2.26. The van der Waals surface area contributed by atoms with Crippen LogP contribution in [0.2, 0.25) is 0 Å². The van der Waals surface area contributed by atoms with Crippen LogP contribution < -0.4 is 5.73 Å². The standard InChI is InChI=1S/C11H14N6O2/c1-3-7-10(17(18)19)8(4-2)16(15-7)9-5-6-13-11(12)14-9/h5-6H,3-4H2,1-2H3,(H2,12,13,14). The first-order valence-corrected chi connectivity index (χ1v) is 5.92. The van der Waals surface area contributed by atoms with Crippen LogP contribution in [0.25, 0.3) is 5.82 Å². The number of hydrogen-bond donors (Lipinski definition) is 1. The predicted molar refractivity (Wildman–Crippen MR) is 69.0 cm³/mol. The number of nitro groups is 1. The second kappa shape index (κ2) is 5.01. The Hall–Kier alpha value is -2.51. The van der Waals surface area contributed by atoms with Gasteiger partial charge in [0.15, 0.2) is 5.82 Å². The van der Waals surface area contributed by atoms with Gasteiger partial charge in [0.05, 0.1) is 4.92 Å². The molecule has 2 heterocycles. The van der Waals surface area contributed by atoms with E-state index in [4.69, 9.17) is 5.73 Å². The third-order valence-corrected chi connectivity index (χ3v) is 2.75. The number of nitrogen functional groups attached to an aromatic ring is 1. The largest absolute Gasteiger partial charge is 0.368 e. The Morgan fingerprint density at radius 1 is 1.42 bits per heavy atom. The van der Waals surface area contributed by atoms with Crippen molar-refractivity contribution in [1.82, 2.24) is 19.7 Å². The number of aromatic nitrogens is 4. The molecule has 0 unspecified atom stereocenters. The highest BCUT2D eigenvalue weighted by molar-refractivity contribution is 5.45. The van der Waals surface area contributed by atoms with E-state index in [0.29, 0.717) is 30.0 Å². The van der Waals surface area contributed by atoms with Crippen LogP contribution in [0.4, 0.5) is 11.6 Å². The molecule has 2 aromatic rings. The Bertz CT molecular complexity index is 622. The van der Waals surface area contributed by atoms with Gasteiger partial charge < -0.3 is 5.73 Å². The van der Waals surface area contributed by atoms with Crippen LogP contribution in [0.3, 0.4) is 0 Å². The molecular weight excluding hydrogens is 248 g/mol. The van der Waals surface area contributed by atoms with Crippen LogP contribution in [0.15, 0.2) is 12.3 Å². The molecule has 0 aromatic carbocycles. The molecule has 0 aliphatic rings. The van der Waals surface area contributed by atoms with Gasteiger partial charge in [0.1, 0.15) is 11.4 Å². The number of aryl methyl sites for hydroxylation is 1. The fourth-order valence-electron chi connectivity index (χ4n) is 1.93. The molecule has 2 rings (SSSR count). The Morgan fingerprint density at radius 2 is 2.16 bits per heavy atom. The molecule has 0 aliphatic carbocycles. The molecule has 0 amide bonds. The van der Waals surface area contributed by atoms with Crippen molar-refractivity contribution in [2.75, 3.05) is 5.73 Å². The Kier molecular flexibility index (Phi) is 3.41. The van der Waals surface area contributed by atoms with Gasteiger partial charge in [0, 0.05) is 12.3 Å². The second-order valence-corrected chi connectivity index (χ2v) is 3.89. The lowest BCUT2D eigenvalue weighted by Crippen LogP contribution is -2.07. The maximum absolute atomic E-state index is 11.2. The highest BCUT2D eigenvalue weighted by Gasteiger charge is 2.26. The molecule has 0 fully saturated rings. The molecule has 8 heteroatoms. The summed E-state index contributed by atoms with van der Waals surface area (Å²) in [6.07, 6.45) is 2.46. The zero-order chi connectivity index (χ0) is 14.0. The molecule has 0 atom stereocenters. The van der Waals surface area contributed by atoms with E-state index in [1.54, 1.807) is 6.07 Å². The van der Waals surface area contributed by atoms with Crippen molar-refractivity contribution < 1.29 is 4.92 Å². The van der Waals surface area contributed by atoms with Crippen molar-refractivity contribution in [2.24, 2.45) is 0 Å². The second-order valence-electron chi connectivity index (χ2n) is 3.89. The topological polar surface area (TPSA) is 113 Å². The van der Waals surface area contributed by atoms with E-state index in [-0.39, 0.29) is 11.6 Å². The molecule has 2 N–H and O–H groups in total. The molecule has 0 spiro atoms. The van der Waals surface area contributed by atoms with Crippen LogP contribution in [-0.2, 0) is 12.8 Å². The maximum Gasteiger partial charge on any atom is 0.313 e. The van der Waals surface area contributed by atoms with Crippen LogP contribution in [0, 0.1) is 10.1 Å². The van der Waals surface area contributed by atoms with Gasteiger partial charge in [-0.3, -0.25) is 10.1 Å². The first-order chi connectivity index (χ1) is 9.08. The average Bonchev–Trinajstić information content (AvgIpc) is 2.77. The van der Waals surface area contributed by atoms with Crippen molar-refractivity contribution in [2.45, 2.75) is 26.7 Å². The summed E-state index contributed by atoms with van der Waals surface area (Å²) in [4.78, 5) is 18.6. The van der Waals surface area contributed by atoms with Crippen LogP contribution >= 0.6 is 0 Å². The number of hydrogen-bond acceptors (Lipinski definition) is 6. The van der Waals surface area contributed by atoms with E-state index < -0.39 is 4.92 Å². The van der Waals surface area contributed by atoms with Gasteiger partial charge in [-0.25, -0.2) is 9.67 Å². The predicted octanol–water partition coefficient (Wildman–Crippen LogP) is 1.28. The van der Waals surface area contributed by atoms with E-state index in [1.807, 2.05) is 13.8 Å². The summed E-state index contributed by atoms with van der Waals surface area (Å²) in [5.41, 5.74) is 6.54. The number of nitrogens with two attached hydrogens (primary N) is 1. The fraction of sp³-hybridized carbons (Fsp3) is 0.364. The minimum absolute atomic E-state index is 0.0576. The SMILES string of the molecule is CCc1nn(-c2ccnc(N)n2)c(CC)c1[N+](=O)[O-]. The van der Waals surface area contributed by atoms with E-state index in [1.165, 1.54) is 10.9 Å². The normalized spacial score (nSPS) is 10.6. The first kappa shape index (κ1) is 12.9. The lowest BCUT2D eigenvalue weighted by Gasteiger charge is -2.03. The third kappa shape index (κ3) is 2.24. The Labute approximate surface area is 109 Å². The van der Waals surface area contributed by atoms with Crippen molar-refractivity contribution in [3.8, 4) is 5.82 Å². The molecule has 0 saturated carbocycles. The molecule has 0 radical (unpaired) electrons. The van der Waals surface area contributed by atoms with E-state index in [0.717, 1.165) is 0 Å². The molecule has 0 aliphatic heterocycles. The summed E-state index contributed by atoms with van der Waals surface area (Å²) in [7, 11) is 0. The minimum Gasteiger partial charge on any atom is -0.368 e. The lowest BCUT2D eigenvalue weighted by atomic mass is 10.2. The van der Waals surface area contributed by atoms with Gasteiger partial charge >= 0.3 is 5.69 Å². The number of nitrogens with zero attached hydrogens (tertiary/aromatic N) is 5. The minimum atomic E-state index is -0.397. The molecule has 0 bridgehead atoms. The molecular formula is C11H14N6O2. The van der Waals surface area contributed by atoms with Crippen LogP contribution in [-0.4, -0.2) is 24.7 Å². The molecule has 8 nitrogen and oxygen atoms in total. The van der Waals surface area contributed by atoms with Crippen molar-refractivity contribution in [3.05, 3.63) is 33.8 Å². The smallest absolute Gasteiger partial charge is 0.313 e. The first-order valence-electron chi connectivity index (χ1n) is 5.92. The summed E-state index contributed by atoms with van der Waals surface area (Å²) in [6, 6.07) is 1.62. The highest BCUT2D eigenvalue weighted by atomic mass is 16.6. The number of anilines is 1. The third-order valence-electron chi connectivity index (χ3n) is 2.75. The van der Waals surface area contributed by atoms with Crippen LogP contribution in [0.1, 0.15) is 25.2 Å². The van der Waals surface area contributed by atoms with Gasteiger partial charge in [0.25, 0.3) is 0 Å². The molecule has 19 heavy (non-hydrogen) atoms. The van der Waals surface area contributed by atoms with Gasteiger partial charge in [-0.1, -0.05) is 13.8 Å². The van der Waals surface area contributed by atoms with E-state index in [9.17, 15) is 10.1 Å². The summed E-state index contributed by atoms with van der Waals surface area (Å²) in [5, 5.41) is 15.4. The van der Waals surface area contributed by atoms with E-state index in [2.05, 4.69) is 15.1 Å². The van der Waals surface area contributed by atoms with Gasteiger partial charge in [-0.05, 0) is 12.8 Å². The quantitative estimate of drug-likeness (QED) is 0.655. The van der Waals surface area contributed by atoms with Crippen molar-refractivity contribution in [3.63, 3.8) is 0 Å². The summed E-state index contributed by atoms with van der Waals surface area (Å²) >= 11 is 0. The summed E-state index contributed by atoms with van der Waals surface area (Å²) in [6.45, 7) is 3.66. The van der Waals surface area contributed by atoms with Crippen molar-refractivity contribution >= 4 is 11.6 Å². The zero-order valence-corrected chi connectivity index (χ0v) is 10.7. The molecule has 2 aromatic heterocycles. The molecule has 0 saturated heterocycles. The van der Waals surface area contributed by atoms with Crippen LogP contribution in [0.5, 0.6) is 0 Å². The number of rotatable bonds is 4. The van der Waals surface area contributed by atoms with Gasteiger partial charge in [-0.15, -0.1) is 0 Å². The lowest BCUT2D eigenvalue weighted by molar-refractivity contribution is -0.386. The van der Waals surface area contributed by atoms with Gasteiger partial charge in [-0.2, -0.15) is 10.1 Å². The fourth-order valence-corrected chi connectivity index (χ4v) is 1.93. The zero-order valence-electron chi connectivity index (χ0n) is 10.7.